The van der Waals surface area contributed by atoms with E-state index in [0.29, 0.717) is 22.1 Å². The highest BCUT2D eigenvalue weighted by Gasteiger charge is 2.17. The van der Waals surface area contributed by atoms with Crippen molar-refractivity contribution in [3.05, 3.63) is 28.2 Å². The van der Waals surface area contributed by atoms with Gasteiger partial charge in [-0.15, -0.1) is 0 Å². The first kappa shape index (κ1) is 15.5. The standard InChI is InChI=1S/C13H17BrN2O3/c1-2-3-9(7-12(17)18)16-13(19)10-6-8(15)4-5-11(10)14/h4-6,9H,2-3,7,15H2,1H3,(H,16,19)(H,17,18). The summed E-state index contributed by atoms with van der Waals surface area (Å²) in [4.78, 5) is 22.8. The Morgan fingerprint density at radius 1 is 1.47 bits per heavy atom. The molecule has 5 nitrogen and oxygen atoms in total. The third kappa shape index (κ3) is 4.90. The molecule has 1 aromatic carbocycles. The Balaban J connectivity index is 2.81. The molecule has 0 saturated carbocycles. The van der Waals surface area contributed by atoms with E-state index in [9.17, 15) is 9.59 Å². The fourth-order valence-electron chi connectivity index (χ4n) is 1.76. The second-order valence-corrected chi connectivity index (χ2v) is 5.15. The van der Waals surface area contributed by atoms with Gasteiger partial charge >= 0.3 is 5.97 Å². The van der Waals surface area contributed by atoms with Gasteiger partial charge in [0.15, 0.2) is 0 Å². The Morgan fingerprint density at radius 3 is 2.74 bits per heavy atom. The number of aliphatic carboxylic acids is 1. The van der Waals surface area contributed by atoms with Crippen molar-refractivity contribution in [1.82, 2.24) is 5.32 Å². The topological polar surface area (TPSA) is 92.4 Å². The predicted molar refractivity (Wildman–Crippen MR) is 77.0 cm³/mol. The van der Waals surface area contributed by atoms with Crippen molar-refractivity contribution in [3.8, 4) is 0 Å². The molecule has 0 heterocycles. The number of hydrogen-bond donors (Lipinski definition) is 3. The molecule has 0 saturated heterocycles. The van der Waals surface area contributed by atoms with Crippen molar-refractivity contribution in [1.29, 1.82) is 0 Å². The van der Waals surface area contributed by atoms with Crippen LogP contribution in [-0.4, -0.2) is 23.0 Å². The Bertz CT molecular complexity index is 477. The molecular weight excluding hydrogens is 312 g/mol. The average Bonchev–Trinajstić information content (AvgIpc) is 2.31. The molecule has 0 fully saturated rings. The van der Waals surface area contributed by atoms with Crippen LogP contribution in [0.4, 0.5) is 5.69 Å². The van der Waals surface area contributed by atoms with Crippen LogP contribution in [0.15, 0.2) is 22.7 Å². The molecule has 0 aliphatic heterocycles. The summed E-state index contributed by atoms with van der Waals surface area (Å²) in [5, 5.41) is 11.5. The second kappa shape index (κ2) is 7.13. The van der Waals surface area contributed by atoms with E-state index in [1.165, 1.54) is 0 Å². The van der Waals surface area contributed by atoms with E-state index in [1.807, 2.05) is 6.92 Å². The molecule has 0 radical (unpaired) electrons. The van der Waals surface area contributed by atoms with E-state index in [0.717, 1.165) is 6.42 Å². The molecule has 19 heavy (non-hydrogen) atoms. The fraction of sp³-hybridized carbons (Fsp3) is 0.385. The Morgan fingerprint density at radius 2 is 2.16 bits per heavy atom. The van der Waals surface area contributed by atoms with Crippen molar-refractivity contribution in [2.24, 2.45) is 0 Å². The maximum absolute atomic E-state index is 12.1. The van der Waals surface area contributed by atoms with Gasteiger partial charge < -0.3 is 16.2 Å². The van der Waals surface area contributed by atoms with Gasteiger partial charge in [0.2, 0.25) is 0 Å². The van der Waals surface area contributed by atoms with Crippen LogP contribution in [0, 0.1) is 0 Å². The Kier molecular flexibility index (Phi) is 5.82. The van der Waals surface area contributed by atoms with E-state index in [1.54, 1.807) is 18.2 Å². The van der Waals surface area contributed by atoms with Crippen molar-refractivity contribution >= 4 is 33.5 Å². The lowest BCUT2D eigenvalue weighted by Gasteiger charge is -2.16. The Hall–Kier alpha value is -1.56. The minimum Gasteiger partial charge on any atom is -0.481 e. The molecule has 1 amide bonds. The lowest BCUT2D eigenvalue weighted by atomic mass is 10.1. The molecule has 6 heteroatoms. The number of carbonyl (C=O) groups is 2. The number of carboxylic acids is 1. The van der Waals surface area contributed by atoms with Gasteiger partial charge in [-0.1, -0.05) is 13.3 Å². The maximum atomic E-state index is 12.1. The highest BCUT2D eigenvalue weighted by molar-refractivity contribution is 9.10. The fourth-order valence-corrected chi connectivity index (χ4v) is 2.19. The molecule has 1 aromatic rings. The summed E-state index contributed by atoms with van der Waals surface area (Å²) in [5.74, 6) is -1.25. The van der Waals surface area contributed by atoms with E-state index in [-0.39, 0.29) is 18.4 Å². The number of carboxylic acid groups (broad SMARTS) is 1. The minimum atomic E-state index is -0.926. The van der Waals surface area contributed by atoms with Crippen LogP contribution in [0.2, 0.25) is 0 Å². The van der Waals surface area contributed by atoms with Gasteiger partial charge in [0.05, 0.1) is 12.0 Å². The molecule has 1 unspecified atom stereocenters. The van der Waals surface area contributed by atoms with E-state index in [2.05, 4.69) is 21.2 Å². The van der Waals surface area contributed by atoms with Crippen LogP contribution >= 0.6 is 15.9 Å². The largest absolute Gasteiger partial charge is 0.481 e. The number of nitrogen functional groups attached to an aromatic ring is 1. The van der Waals surface area contributed by atoms with Crippen molar-refractivity contribution < 1.29 is 14.7 Å². The van der Waals surface area contributed by atoms with Crippen LogP contribution in [0.1, 0.15) is 36.5 Å². The first-order valence-electron chi connectivity index (χ1n) is 6.01. The van der Waals surface area contributed by atoms with Gasteiger partial charge in [0.25, 0.3) is 5.91 Å². The molecule has 0 aliphatic rings. The summed E-state index contributed by atoms with van der Waals surface area (Å²) in [6.45, 7) is 1.94. The van der Waals surface area contributed by atoms with Gasteiger partial charge in [-0.2, -0.15) is 0 Å². The first-order chi connectivity index (χ1) is 8.93. The number of amides is 1. The number of nitrogens with one attached hydrogen (secondary N) is 1. The number of benzene rings is 1. The van der Waals surface area contributed by atoms with E-state index in [4.69, 9.17) is 10.8 Å². The van der Waals surface area contributed by atoms with Crippen LogP contribution in [0.5, 0.6) is 0 Å². The SMILES string of the molecule is CCCC(CC(=O)O)NC(=O)c1cc(N)ccc1Br. The summed E-state index contributed by atoms with van der Waals surface area (Å²) in [5.41, 5.74) is 6.53. The number of rotatable bonds is 6. The zero-order valence-corrected chi connectivity index (χ0v) is 12.2. The van der Waals surface area contributed by atoms with Gasteiger partial charge in [0, 0.05) is 16.2 Å². The normalized spacial score (nSPS) is 11.9. The molecule has 0 bridgehead atoms. The number of nitrogens with two attached hydrogens (primary N) is 1. The molecule has 1 atom stereocenters. The van der Waals surface area contributed by atoms with Crippen LogP contribution in [-0.2, 0) is 4.79 Å². The van der Waals surface area contributed by atoms with Crippen LogP contribution in [0.25, 0.3) is 0 Å². The van der Waals surface area contributed by atoms with Gasteiger partial charge in [-0.25, -0.2) is 0 Å². The minimum absolute atomic E-state index is 0.0838. The predicted octanol–water partition coefficient (Wildman–Crippen LogP) is 2.40. The lowest BCUT2D eigenvalue weighted by Crippen LogP contribution is -2.36. The number of anilines is 1. The van der Waals surface area contributed by atoms with Gasteiger partial charge in [0.1, 0.15) is 0 Å². The highest BCUT2D eigenvalue weighted by Crippen LogP contribution is 2.20. The average molecular weight is 329 g/mol. The summed E-state index contributed by atoms with van der Waals surface area (Å²) < 4.78 is 0.629. The summed E-state index contributed by atoms with van der Waals surface area (Å²) in [7, 11) is 0. The van der Waals surface area contributed by atoms with Crippen molar-refractivity contribution in [2.75, 3.05) is 5.73 Å². The van der Waals surface area contributed by atoms with E-state index < -0.39 is 5.97 Å². The third-order valence-corrected chi connectivity index (χ3v) is 3.32. The van der Waals surface area contributed by atoms with Crippen molar-refractivity contribution in [3.63, 3.8) is 0 Å². The van der Waals surface area contributed by atoms with E-state index >= 15 is 0 Å². The number of hydrogen-bond acceptors (Lipinski definition) is 3. The molecular formula is C13H17BrN2O3. The molecule has 4 N–H and O–H groups in total. The summed E-state index contributed by atoms with van der Waals surface area (Å²) in [6.07, 6.45) is 1.34. The smallest absolute Gasteiger partial charge is 0.305 e. The monoisotopic (exact) mass is 328 g/mol. The maximum Gasteiger partial charge on any atom is 0.305 e. The highest BCUT2D eigenvalue weighted by atomic mass is 79.9. The zero-order valence-electron chi connectivity index (χ0n) is 10.6. The summed E-state index contributed by atoms with van der Waals surface area (Å²) in [6, 6.07) is 4.56. The van der Waals surface area contributed by atoms with Gasteiger partial charge in [-0.05, 0) is 40.5 Å². The zero-order chi connectivity index (χ0) is 14.4. The first-order valence-corrected chi connectivity index (χ1v) is 6.81. The second-order valence-electron chi connectivity index (χ2n) is 4.30. The number of halogens is 1. The number of carbonyl (C=O) groups excluding carboxylic acids is 1. The Labute approximate surface area is 120 Å². The van der Waals surface area contributed by atoms with Crippen molar-refractivity contribution in [2.45, 2.75) is 32.2 Å². The lowest BCUT2D eigenvalue weighted by molar-refractivity contribution is -0.137. The van der Waals surface area contributed by atoms with Crippen LogP contribution in [0.3, 0.4) is 0 Å². The molecule has 1 rings (SSSR count). The van der Waals surface area contributed by atoms with Gasteiger partial charge in [-0.3, -0.25) is 9.59 Å². The molecule has 104 valence electrons. The van der Waals surface area contributed by atoms with Crippen LogP contribution < -0.4 is 11.1 Å². The molecule has 0 spiro atoms. The summed E-state index contributed by atoms with van der Waals surface area (Å²) >= 11 is 3.28. The molecule has 0 aromatic heterocycles. The third-order valence-electron chi connectivity index (χ3n) is 2.63. The quantitative estimate of drug-likeness (QED) is 0.699. The molecule has 0 aliphatic carbocycles.